The lowest BCUT2D eigenvalue weighted by Gasteiger charge is -2.04. The normalized spacial score (nSPS) is 9.33. The molecule has 5 nitrogen and oxygen atoms in total. The van der Waals surface area contributed by atoms with E-state index in [2.05, 4.69) is 10.3 Å². The van der Waals surface area contributed by atoms with Gasteiger partial charge in [-0.1, -0.05) is 0 Å². The highest BCUT2D eigenvalue weighted by atomic mass is 16.4. The summed E-state index contributed by atoms with van der Waals surface area (Å²) in [5, 5.41) is 20.0. The van der Waals surface area contributed by atoms with E-state index in [1.165, 1.54) is 0 Å². The maximum atomic E-state index is 10.3. The number of nitrogens with zero attached hydrogens (tertiary/aromatic N) is 2. The lowest BCUT2D eigenvalue weighted by molar-refractivity contribution is -0.136. The van der Waals surface area contributed by atoms with Crippen LogP contribution in [0.1, 0.15) is 17.7 Å². The van der Waals surface area contributed by atoms with Crippen LogP contribution in [0.2, 0.25) is 0 Å². The molecular formula is C10H11N3O2. The first kappa shape index (κ1) is 11.0. The summed E-state index contributed by atoms with van der Waals surface area (Å²) in [6.45, 7) is 2.08. The molecule has 0 aliphatic heterocycles. The van der Waals surface area contributed by atoms with Crippen LogP contribution in [0.25, 0.3) is 0 Å². The lowest BCUT2D eigenvalue weighted by atomic mass is 10.2. The molecule has 0 atom stereocenters. The zero-order valence-electron chi connectivity index (χ0n) is 8.32. The van der Waals surface area contributed by atoms with E-state index in [0.717, 1.165) is 5.69 Å². The van der Waals surface area contributed by atoms with Gasteiger partial charge in [0.2, 0.25) is 0 Å². The SMILES string of the molecule is Cc1cc(C#N)cc(NCCC(=O)O)n1. The van der Waals surface area contributed by atoms with Crippen molar-refractivity contribution >= 4 is 11.8 Å². The molecule has 2 N–H and O–H groups in total. The van der Waals surface area contributed by atoms with Gasteiger partial charge in [0, 0.05) is 12.2 Å². The Morgan fingerprint density at radius 1 is 1.67 bits per heavy atom. The molecule has 1 rings (SSSR count). The molecule has 0 aromatic carbocycles. The van der Waals surface area contributed by atoms with Crippen LogP contribution in [0.5, 0.6) is 0 Å². The van der Waals surface area contributed by atoms with Crippen molar-refractivity contribution in [3.63, 3.8) is 0 Å². The third-order valence-corrected chi connectivity index (χ3v) is 1.73. The smallest absolute Gasteiger partial charge is 0.305 e. The van der Waals surface area contributed by atoms with Gasteiger partial charge in [-0.25, -0.2) is 4.98 Å². The van der Waals surface area contributed by atoms with E-state index >= 15 is 0 Å². The van der Waals surface area contributed by atoms with Crippen LogP contribution < -0.4 is 5.32 Å². The van der Waals surface area contributed by atoms with Crippen molar-refractivity contribution in [3.05, 3.63) is 23.4 Å². The molecule has 15 heavy (non-hydrogen) atoms. The number of aliphatic carboxylic acids is 1. The summed E-state index contributed by atoms with van der Waals surface area (Å²) < 4.78 is 0. The van der Waals surface area contributed by atoms with E-state index in [0.29, 0.717) is 17.9 Å². The van der Waals surface area contributed by atoms with Crippen LogP contribution in [0.4, 0.5) is 5.82 Å². The third kappa shape index (κ3) is 3.65. The number of anilines is 1. The molecule has 1 aromatic rings. The Morgan fingerprint density at radius 2 is 2.40 bits per heavy atom. The molecule has 1 heterocycles. The summed E-state index contributed by atoms with van der Waals surface area (Å²) >= 11 is 0. The molecule has 0 saturated heterocycles. The minimum atomic E-state index is -0.865. The van der Waals surface area contributed by atoms with Gasteiger partial charge in [-0.15, -0.1) is 0 Å². The second kappa shape index (κ2) is 4.96. The van der Waals surface area contributed by atoms with Gasteiger partial charge < -0.3 is 10.4 Å². The molecule has 0 spiro atoms. The van der Waals surface area contributed by atoms with Gasteiger partial charge in [-0.2, -0.15) is 5.26 Å². The highest BCUT2D eigenvalue weighted by molar-refractivity contribution is 5.67. The Kier molecular flexibility index (Phi) is 3.63. The van der Waals surface area contributed by atoms with E-state index < -0.39 is 5.97 Å². The van der Waals surface area contributed by atoms with E-state index in [9.17, 15) is 4.79 Å². The van der Waals surface area contributed by atoms with Gasteiger partial charge in [0.1, 0.15) is 5.82 Å². The maximum Gasteiger partial charge on any atom is 0.305 e. The number of aromatic nitrogens is 1. The number of pyridine rings is 1. The number of nitriles is 1. The molecule has 0 bridgehead atoms. The predicted octanol–water partition coefficient (Wildman–Crippen LogP) is 1.15. The third-order valence-electron chi connectivity index (χ3n) is 1.73. The molecule has 0 aliphatic rings. The Labute approximate surface area is 87.4 Å². The Hall–Kier alpha value is -2.09. The van der Waals surface area contributed by atoms with Crippen molar-refractivity contribution in [2.45, 2.75) is 13.3 Å². The zero-order chi connectivity index (χ0) is 11.3. The van der Waals surface area contributed by atoms with Crippen LogP contribution in [-0.2, 0) is 4.79 Å². The zero-order valence-corrected chi connectivity index (χ0v) is 8.32. The lowest BCUT2D eigenvalue weighted by Crippen LogP contribution is -2.09. The number of aryl methyl sites for hydroxylation is 1. The van der Waals surface area contributed by atoms with Crippen LogP contribution in [-0.4, -0.2) is 22.6 Å². The van der Waals surface area contributed by atoms with Gasteiger partial charge in [0.05, 0.1) is 18.1 Å². The largest absolute Gasteiger partial charge is 0.481 e. The van der Waals surface area contributed by atoms with E-state index in [4.69, 9.17) is 10.4 Å². The van der Waals surface area contributed by atoms with Crippen molar-refractivity contribution < 1.29 is 9.90 Å². The molecule has 0 aliphatic carbocycles. The Bertz CT molecular complexity index is 410. The number of carboxylic acid groups (broad SMARTS) is 1. The molecule has 0 radical (unpaired) electrons. The topological polar surface area (TPSA) is 86.0 Å². The molecule has 5 heteroatoms. The summed E-state index contributed by atoms with van der Waals surface area (Å²) in [6, 6.07) is 5.27. The Morgan fingerprint density at radius 3 is 3.00 bits per heavy atom. The molecular weight excluding hydrogens is 194 g/mol. The molecule has 1 aromatic heterocycles. The van der Waals surface area contributed by atoms with Crippen molar-refractivity contribution in [1.29, 1.82) is 5.26 Å². The minimum absolute atomic E-state index is 0.0253. The second-order valence-corrected chi connectivity index (χ2v) is 3.06. The van der Waals surface area contributed by atoms with Crippen molar-refractivity contribution in [2.24, 2.45) is 0 Å². The predicted molar refractivity (Wildman–Crippen MR) is 54.4 cm³/mol. The quantitative estimate of drug-likeness (QED) is 0.770. The molecule has 0 unspecified atom stereocenters. The first-order valence-electron chi connectivity index (χ1n) is 4.46. The fraction of sp³-hybridized carbons (Fsp3) is 0.300. The average molecular weight is 205 g/mol. The highest BCUT2D eigenvalue weighted by Crippen LogP contribution is 2.08. The fourth-order valence-electron chi connectivity index (χ4n) is 1.12. The van der Waals surface area contributed by atoms with Gasteiger partial charge in [-0.05, 0) is 19.1 Å². The number of carboxylic acids is 1. The molecule has 78 valence electrons. The summed E-state index contributed by atoms with van der Waals surface area (Å²) in [4.78, 5) is 14.4. The number of rotatable bonds is 4. The Balaban J connectivity index is 2.65. The number of hydrogen-bond acceptors (Lipinski definition) is 4. The average Bonchev–Trinajstić information content (AvgIpc) is 2.16. The summed E-state index contributed by atoms with van der Waals surface area (Å²) in [5.74, 6) is -0.330. The summed E-state index contributed by atoms with van der Waals surface area (Å²) in [6.07, 6.45) is 0.0253. The van der Waals surface area contributed by atoms with E-state index in [1.54, 1.807) is 19.1 Å². The van der Waals surface area contributed by atoms with Gasteiger partial charge >= 0.3 is 5.97 Å². The van der Waals surface area contributed by atoms with E-state index in [-0.39, 0.29) is 6.42 Å². The van der Waals surface area contributed by atoms with Crippen molar-refractivity contribution in [2.75, 3.05) is 11.9 Å². The number of hydrogen-bond donors (Lipinski definition) is 2. The summed E-state index contributed by atoms with van der Waals surface area (Å²) in [5.41, 5.74) is 1.24. The van der Waals surface area contributed by atoms with Gasteiger partial charge in [-0.3, -0.25) is 4.79 Å². The summed E-state index contributed by atoms with van der Waals surface area (Å²) in [7, 11) is 0. The van der Waals surface area contributed by atoms with Crippen LogP contribution >= 0.6 is 0 Å². The van der Waals surface area contributed by atoms with Crippen LogP contribution in [0.3, 0.4) is 0 Å². The van der Waals surface area contributed by atoms with Crippen LogP contribution in [0.15, 0.2) is 12.1 Å². The van der Waals surface area contributed by atoms with E-state index in [1.807, 2.05) is 6.07 Å². The number of nitrogens with one attached hydrogen (secondary N) is 1. The molecule has 0 saturated carbocycles. The monoisotopic (exact) mass is 205 g/mol. The highest BCUT2D eigenvalue weighted by Gasteiger charge is 2.00. The molecule has 0 fully saturated rings. The van der Waals surface area contributed by atoms with Gasteiger partial charge in [0.25, 0.3) is 0 Å². The number of carbonyl (C=O) groups is 1. The fourth-order valence-corrected chi connectivity index (χ4v) is 1.12. The minimum Gasteiger partial charge on any atom is -0.481 e. The second-order valence-electron chi connectivity index (χ2n) is 3.06. The maximum absolute atomic E-state index is 10.3. The standard InChI is InChI=1S/C10H11N3O2/c1-7-4-8(6-11)5-9(13-7)12-3-2-10(14)15/h4-5H,2-3H2,1H3,(H,12,13)(H,14,15). The first-order chi connectivity index (χ1) is 7.11. The van der Waals surface area contributed by atoms with Crippen molar-refractivity contribution in [1.82, 2.24) is 4.98 Å². The molecule has 0 amide bonds. The van der Waals surface area contributed by atoms with Crippen molar-refractivity contribution in [3.8, 4) is 6.07 Å². The van der Waals surface area contributed by atoms with Crippen LogP contribution in [0, 0.1) is 18.3 Å². The first-order valence-corrected chi connectivity index (χ1v) is 4.46. The van der Waals surface area contributed by atoms with Gasteiger partial charge in [0.15, 0.2) is 0 Å².